The van der Waals surface area contributed by atoms with E-state index in [-0.39, 0.29) is 17.9 Å². The second-order valence-corrected chi connectivity index (χ2v) is 7.60. The topological polar surface area (TPSA) is 51.0 Å². The van der Waals surface area contributed by atoms with Crippen LogP contribution in [0.15, 0.2) is 97.2 Å². The van der Waals surface area contributed by atoms with Gasteiger partial charge in [-0.15, -0.1) is 5.10 Å². The third-order valence-electron chi connectivity index (χ3n) is 5.64. The SMILES string of the molecule is O=C(C(c1ccccc1)c1ccccc1)N1CC(n2cc(-c3ccccc3)nn2)C1. The van der Waals surface area contributed by atoms with Crippen LogP contribution in [0.25, 0.3) is 11.3 Å². The second kappa shape index (κ2) is 7.95. The molecule has 2 heterocycles. The zero-order chi connectivity index (χ0) is 20.3. The maximum absolute atomic E-state index is 13.4. The largest absolute Gasteiger partial charge is 0.337 e. The molecule has 1 amide bonds. The molecule has 5 heteroatoms. The molecule has 148 valence electrons. The first-order valence-corrected chi connectivity index (χ1v) is 10.2. The fraction of sp³-hybridized carbons (Fsp3) is 0.160. The zero-order valence-electron chi connectivity index (χ0n) is 16.5. The molecule has 0 saturated carbocycles. The predicted molar refractivity (Wildman–Crippen MR) is 116 cm³/mol. The molecule has 1 aromatic heterocycles. The van der Waals surface area contributed by atoms with Crippen LogP contribution in [-0.4, -0.2) is 38.9 Å². The summed E-state index contributed by atoms with van der Waals surface area (Å²) in [5.41, 5.74) is 3.93. The van der Waals surface area contributed by atoms with Crippen molar-refractivity contribution >= 4 is 5.91 Å². The monoisotopic (exact) mass is 394 g/mol. The summed E-state index contributed by atoms with van der Waals surface area (Å²) in [6.45, 7) is 1.29. The van der Waals surface area contributed by atoms with Crippen LogP contribution in [0.4, 0.5) is 0 Å². The van der Waals surface area contributed by atoms with Crippen molar-refractivity contribution in [2.24, 2.45) is 0 Å². The lowest BCUT2D eigenvalue weighted by Gasteiger charge is -2.40. The lowest BCUT2D eigenvalue weighted by atomic mass is 9.89. The van der Waals surface area contributed by atoms with Crippen molar-refractivity contribution in [3.8, 4) is 11.3 Å². The average molecular weight is 394 g/mol. The first kappa shape index (κ1) is 18.3. The van der Waals surface area contributed by atoms with Crippen LogP contribution in [0.1, 0.15) is 23.1 Å². The van der Waals surface area contributed by atoms with Crippen LogP contribution < -0.4 is 0 Å². The summed E-state index contributed by atoms with van der Waals surface area (Å²) in [5.74, 6) is -0.156. The first-order chi connectivity index (χ1) is 14.8. The maximum Gasteiger partial charge on any atom is 0.234 e. The van der Waals surface area contributed by atoms with E-state index in [0.717, 1.165) is 22.4 Å². The highest BCUT2D eigenvalue weighted by Crippen LogP contribution is 2.31. The van der Waals surface area contributed by atoms with Gasteiger partial charge in [0, 0.05) is 18.7 Å². The highest BCUT2D eigenvalue weighted by atomic mass is 16.2. The number of amides is 1. The Labute approximate surface area is 175 Å². The Morgan fingerprint density at radius 2 is 1.33 bits per heavy atom. The molecule has 30 heavy (non-hydrogen) atoms. The van der Waals surface area contributed by atoms with Crippen LogP contribution in [0.3, 0.4) is 0 Å². The van der Waals surface area contributed by atoms with Crippen LogP contribution in [-0.2, 0) is 4.79 Å². The van der Waals surface area contributed by atoms with E-state index in [9.17, 15) is 4.79 Å². The molecule has 0 atom stereocenters. The minimum atomic E-state index is -0.288. The van der Waals surface area contributed by atoms with Crippen LogP contribution in [0.2, 0.25) is 0 Å². The average Bonchev–Trinajstić information content (AvgIpc) is 3.25. The van der Waals surface area contributed by atoms with Gasteiger partial charge in [-0.1, -0.05) is 96.2 Å². The Balaban J connectivity index is 1.32. The molecule has 0 spiro atoms. The van der Waals surface area contributed by atoms with E-state index >= 15 is 0 Å². The molecule has 0 N–H and O–H groups in total. The molecule has 1 aliphatic rings. The second-order valence-electron chi connectivity index (χ2n) is 7.60. The van der Waals surface area contributed by atoms with Crippen molar-refractivity contribution in [1.29, 1.82) is 0 Å². The lowest BCUT2D eigenvalue weighted by Crippen LogP contribution is -2.52. The summed E-state index contributed by atoms with van der Waals surface area (Å²) in [7, 11) is 0. The van der Waals surface area contributed by atoms with Gasteiger partial charge in [-0.2, -0.15) is 0 Å². The number of benzene rings is 3. The van der Waals surface area contributed by atoms with E-state index in [1.54, 1.807) is 0 Å². The van der Waals surface area contributed by atoms with Crippen molar-refractivity contribution in [3.63, 3.8) is 0 Å². The molecule has 1 fully saturated rings. The Morgan fingerprint density at radius 3 is 1.90 bits per heavy atom. The fourth-order valence-corrected chi connectivity index (χ4v) is 3.95. The molecule has 0 unspecified atom stereocenters. The van der Waals surface area contributed by atoms with Crippen LogP contribution in [0, 0.1) is 0 Å². The van der Waals surface area contributed by atoms with Gasteiger partial charge >= 0.3 is 0 Å². The highest BCUT2D eigenvalue weighted by Gasteiger charge is 2.37. The van der Waals surface area contributed by atoms with E-state index in [1.165, 1.54) is 0 Å². The van der Waals surface area contributed by atoms with Gasteiger partial charge < -0.3 is 4.90 Å². The Kier molecular flexibility index (Phi) is 4.85. The molecule has 3 aromatic carbocycles. The quantitative estimate of drug-likeness (QED) is 0.511. The van der Waals surface area contributed by atoms with E-state index in [1.807, 2.05) is 107 Å². The maximum atomic E-state index is 13.4. The standard InChI is InChI=1S/C25H22N4O/c30-25(24(20-12-6-2-7-13-20)21-14-8-3-9-15-21)28-16-22(17-28)29-18-23(26-27-29)19-10-4-1-5-11-19/h1-15,18,22,24H,16-17H2. The molecule has 5 rings (SSSR count). The van der Waals surface area contributed by atoms with Gasteiger partial charge in [-0.3, -0.25) is 4.79 Å². The van der Waals surface area contributed by atoms with Crippen LogP contribution >= 0.6 is 0 Å². The summed E-state index contributed by atoms with van der Waals surface area (Å²) in [6, 6.07) is 30.2. The van der Waals surface area contributed by atoms with Gasteiger partial charge in [-0.25, -0.2) is 4.68 Å². The molecule has 1 saturated heterocycles. The summed E-state index contributed by atoms with van der Waals surface area (Å²) in [4.78, 5) is 15.3. The molecule has 0 aliphatic carbocycles. The van der Waals surface area contributed by atoms with Gasteiger partial charge in [0.25, 0.3) is 0 Å². The summed E-state index contributed by atoms with van der Waals surface area (Å²) in [5, 5.41) is 8.60. The predicted octanol–water partition coefficient (Wildman–Crippen LogP) is 4.16. The lowest BCUT2D eigenvalue weighted by molar-refractivity contribution is -0.137. The van der Waals surface area contributed by atoms with Crippen molar-refractivity contribution in [3.05, 3.63) is 108 Å². The minimum Gasteiger partial charge on any atom is -0.337 e. The van der Waals surface area contributed by atoms with E-state index in [4.69, 9.17) is 0 Å². The number of carbonyl (C=O) groups is 1. The van der Waals surface area contributed by atoms with E-state index < -0.39 is 0 Å². The Hall–Kier alpha value is -3.73. The molecule has 5 nitrogen and oxygen atoms in total. The highest BCUT2D eigenvalue weighted by molar-refractivity contribution is 5.87. The number of rotatable bonds is 5. The number of nitrogens with zero attached hydrogens (tertiary/aromatic N) is 4. The molecular formula is C25H22N4O. The van der Waals surface area contributed by atoms with Gasteiger partial charge in [-0.05, 0) is 11.1 Å². The molecule has 0 bridgehead atoms. The van der Waals surface area contributed by atoms with Gasteiger partial charge in [0.15, 0.2) is 0 Å². The summed E-state index contributed by atoms with van der Waals surface area (Å²) < 4.78 is 1.88. The number of likely N-dealkylation sites (tertiary alicyclic amines) is 1. The van der Waals surface area contributed by atoms with Crippen molar-refractivity contribution in [1.82, 2.24) is 19.9 Å². The summed E-state index contributed by atoms with van der Waals surface area (Å²) in [6.07, 6.45) is 1.97. The third kappa shape index (κ3) is 3.50. The third-order valence-corrected chi connectivity index (χ3v) is 5.64. The van der Waals surface area contributed by atoms with Gasteiger partial charge in [0.05, 0.1) is 18.2 Å². The molecular weight excluding hydrogens is 372 g/mol. The normalized spacial score (nSPS) is 14.0. The number of hydrogen-bond acceptors (Lipinski definition) is 3. The molecule has 0 radical (unpaired) electrons. The Bertz CT molecular complexity index is 1080. The Morgan fingerprint density at radius 1 is 0.800 bits per heavy atom. The van der Waals surface area contributed by atoms with E-state index in [0.29, 0.717) is 13.1 Å². The number of aromatic nitrogens is 3. The minimum absolute atomic E-state index is 0.132. The summed E-state index contributed by atoms with van der Waals surface area (Å²) >= 11 is 0. The molecule has 4 aromatic rings. The van der Waals surface area contributed by atoms with Crippen molar-refractivity contribution in [2.75, 3.05) is 13.1 Å². The first-order valence-electron chi connectivity index (χ1n) is 10.2. The smallest absolute Gasteiger partial charge is 0.234 e. The van der Waals surface area contributed by atoms with E-state index in [2.05, 4.69) is 10.3 Å². The number of hydrogen-bond donors (Lipinski definition) is 0. The number of carbonyl (C=O) groups excluding carboxylic acids is 1. The van der Waals surface area contributed by atoms with Crippen LogP contribution in [0.5, 0.6) is 0 Å². The molecule has 1 aliphatic heterocycles. The van der Waals surface area contributed by atoms with Gasteiger partial charge in [0.1, 0.15) is 5.69 Å². The van der Waals surface area contributed by atoms with Gasteiger partial charge in [0.2, 0.25) is 5.91 Å². The fourth-order valence-electron chi connectivity index (χ4n) is 3.95. The zero-order valence-corrected chi connectivity index (χ0v) is 16.5. The van der Waals surface area contributed by atoms with Crippen molar-refractivity contribution < 1.29 is 4.79 Å². The van der Waals surface area contributed by atoms with Crippen molar-refractivity contribution in [2.45, 2.75) is 12.0 Å².